The summed E-state index contributed by atoms with van der Waals surface area (Å²) in [6.45, 7) is 5.04. The van der Waals surface area contributed by atoms with E-state index in [0.717, 1.165) is 18.7 Å². The van der Waals surface area contributed by atoms with E-state index in [1.807, 2.05) is 31.4 Å². The normalized spacial score (nSPS) is 17.9. The van der Waals surface area contributed by atoms with Gasteiger partial charge < -0.3 is 10.2 Å². The predicted octanol–water partition coefficient (Wildman–Crippen LogP) is 1.40. The molecule has 5 nitrogen and oxygen atoms in total. The fraction of sp³-hybridized carbons (Fsp3) is 0.733. The molecule has 2 heterocycles. The minimum Gasteiger partial charge on any atom is -0.341 e. The first kappa shape index (κ1) is 15.0. The average Bonchev–Trinajstić information content (AvgIpc) is 2.85. The van der Waals surface area contributed by atoms with Crippen molar-refractivity contribution in [3.05, 3.63) is 18.0 Å². The molecule has 1 amide bonds. The van der Waals surface area contributed by atoms with Crippen molar-refractivity contribution >= 4 is 5.91 Å². The lowest BCUT2D eigenvalue weighted by atomic mass is 9.84. The number of rotatable bonds is 5. The van der Waals surface area contributed by atoms with E-state index in [1.54, 1.807) is 4.68 Å². The fourth-order valence-corrected chi connectivity index (χ4v) is 2.93. The smallest absolute Gasteiger partial charge is 0.222 e. The monoisotopic (exact) mass is 278 g/mol. The molecular formula is C15H26N4O. The van der Waals surface area contributed by atoms with Gasteiger partial charge in [-0.25, -0.2) is 0 Å². The summed E-state index contributed by atoms with van der Waals surface area (Å²) in [4.78, 5) is 14.1. The molecule has 0 spiro atoms. The molecule has 1 aromatic rings. The summed E-state index contributed by atoms with van der Waals surface area (Å²) in [6, 6.07) is 0. The van der Waals surface area contributed by atoms with Crippen LogP contribution in [0.3, 0.4) is 0 Å². The molecule has 1 aromatic heterocycles. The number of nitrogens with one attached hydrogen (secondary N) is 1. The Kier molecular flexibility index (Phi) is 5.17. The molecule has 1 fully saturated rings. The van der Waals surface area contributed by atoms with Crippen molar-refractivity contribution in [2.24, 2.45) is 18.9 Å². The Bertz CT molecular complexity index is 437. The van der Waals surface area contributed by atoms with Gasteiger partial charge in [-0.2, -0.15) is 5.10 Å². The molecule has 0 saturated carbocycles. The van der Waals surface area contributed by atoms with Crippen molar-refractivity contribution in [3.8, 4) is 0 Å². The Morgan fingerprint density at radius 3 is 2.85 bits per heavy atom. The van der Waals surface area contributed by atoms with Crippen LogP contribution in [0.4, 0.5) is 0 Å². The van der Waals surface area contributed by atoms with E-state index >= 15 is 0 Å². The van der Waals surface area contributed by atoms with E-state index < -0.39 is 0 Å². The molecule has 2 rings (SSSR count). The Morgan fingerprint density at radius 2 is 2.25 bits per heavy atom. The molecule has 0 aromatic carbocycles. The molecule has 1 saturated heterocycles. The van der Waals surface area contributed by atoms with Crippen LogP contribution in [0.1, 0.15) is 31.7 Å². The van der Waals surface area contributed by atoms with Crippen LogP contribution < -0.4 is 5.32 Å². The summed E-state index contributed by atoms with van der Waals surface area (Å²) in [6.07, 6.45) is 6.82. The number of carbonyl (C=O) groups excluding carboxylic acids is 1. The van der Waals surface area contributed by atoms with Gasteiger partial charge in [-0.1, -0.05) is 6.92 Å². The molecule has 1 aliphatic heterocycles. The highest BCUT2D eigenvalue weighted by Crippen LogP contribution is 2.24. The fourth-order valence-electron chi connectivity index (χ4n) is 2.93. The van der Waals surface area contributed by atoms with Crippen LogP contribution in [0.5, 0.6) is 0 Å². The standard InChI is InChI=1S/C15H26N4O/c1-12(14-4-6-16-7-5-14)8-15(20)18(2)10-13-9-17-19(3)11-13/h9,11-12,14,16H,4-8,10H2,1-3H3. The number of hydrogen-bond donors (Lipinski definition) is 1. The number of hydrogen-bond acceptors (Lipinski definition) is 3. The average molecular weight is 278 g/mol. The minimum atomic E-state index is 0.236. The van der Waals surface area contributed by atoms with E-state index in [4.69, 9.17) is 0 Å². The Morgan fingerprint density at radius 1 is 1.55 bits per heavy atom. The van der Waals surface area contributed by atoms with E-state index in [9.17, 15) is 4.79 Å². The molecule has 0 bridgehead atoms. The van der Waals surface area contributed by atoms with Crippen LogP contribution in [0.2, 0.25) is 0 Å². The zero-order valence-electron chi connectivity index (χ0n) is 12.8. The van der Waals surface area contributed by atoms with Crippen molar-refractivity contribution in [3.63, 3.8) is 0 Å². The van der Waals surface area contributed by atoms with Crippen LogP contribution in [-0.4, -0.2) is 40.7 Å². The first-order chi connectivity index (χ1) is 9.56. The van der Waals surface area contributed by atoms with E-state index in [2.05, 4.69) is 17.3 Å². The highest BCUT2D eigenvalue weighted by atomic mass is 16.2. The number of aryl methyl sites for hydroxylation is 1. The maximum absolute atomic E-state index is 12.3. The maximum atomic E-state index is 12.3. The number of nitrogens with zero attached hydrogens (tertiary/aromatic N) is 3. The van der Waals surface area contributed by atoms with Gasteiger partial charge in [0, 0.05) is 38.8 Å². The van der Waals surface area contributed by atoms with Gasteiger partial charge in [-0.05, 0) is 37.8 Å². The summed E-state index contributed by atoms with van der Waals surface area (Å²) < 4.78 is 1.77. The lowest BCUT2D eigenvalue weighted by Crippen LogP contribution is -2.34. The summed E-state index contributed by atoms with van der Waals surface area (Å²) in [5.74, 6) is 1.40. The summed E-state index contributed by atoms with van der Waals surface area (Å²) in [5, 5.41) is 7.51. The van der Waals surface area contributed by atoms with Gasteiger partial charge in [0.15, 0.2) is 0 Å². The second-order valence-electron chi connectivity index (χ2n) is 6.04. The lowest BCUT2D eigenvalue weighted by Gasteiger charge is -2.29. The third-order valence-corrected chi connectivity index (χ3v) is 4.29. The predicted molar refractivity (Wildman–Crippen MR) is 79.1 cm³/mol. The van der Waals surface area contributed by atoms with Crippen LogP contribution >= 0.6 is 0 Å². The molecule has 1 atom stereocenters. The molecular weight excluding hydrogens is 252 g/mol. The zero-order valence-corrected chi connectivity index (χ0v) is 12.8. The number of amides is 1. The summed E-state index contributed by atoms with van der Waals surface area (Å²) >= 11 is 0. The second-order valence-corrected chi connectivity index (χ2v) is 6.04. The third-order valence-electron chi connectivity index (χ3n) is 4.29. The van der Waals surface area contributed by atoms with Crippen molar-refractivity contribution in [2.75, 3.05) is 20.1 Å². The van der Waals surface area contributed by atoms with Crippen molar-refractivity contribution in [1.29, 1.82) is 0 Å². The van der Waals surface area contributed by atoms with Gasteiger partial charge in [-0.3, -0.25) is 9.48 Å². The molecule has 5 heteroatoms. The maximum Gasteiger partial charge on any atom is 0.222 e. The number of carbonyl (C=O) groups is 1. The van der Waals surface area contributed by atoms with Crippen LogP contribution in [0.25, 0.3) is 0 Å². The summed E-state index contributed by atoms with van der Waals surface area (Å²) in [5.41, 5.74) is 1.08. The molecule has 1 N–H and O–H groups in total. The van der Waals surface area contributed by atoms with Gasteiger partial charge >= 0.3 is 0 Å². The minimum absolute atomic E-state index is 0.236. The van der Waals surface area contributed by atoms with Crippen LogP contribution in [0.15, 0.2) is 12.4 Å². The molecule has 112 valence electrons. The highest BCUT2D eigenvalue weighted by molar-refractivity contribution is 5.76. The van der Waals surface area contributed by atoms with E-state index in [0.29, 0.717) is 24.8 Å². The molecule has 1 aliphatic rings. The SMILES string of the molecule is CC(CC(=O)N(C)Cc1cnn(C)c1)C1CCNCC1. The Balaban J connectivity index is 1.80. The van der Waals surface area contributed by atoms with Crippen LogP contribution in [0, 0.1) is 11.8 Å². The quantitative estimate of drug-likeness (QED) is 0.886. The first-order valence-corrected chi connectivity index (χ1v) is 7.48. The van der Waals surface area contributed by atoms with Gasteiger partial charge in [0.05, 0.1) is 6.20 Å². The molecule has 1 unspecified atom stereocenters. The van der Waals surface area contributed by atoms with Crippen molar-refractivity contribution < 1.29 is 4.79 Å². The topological polar surface area (TPSA) is 50.2 Å². The second kappa shape index (κ2) is 6.88. The van der Waals surface area contributed by atoms with Crippen molar-refractivity contribution in [2.45, 2.75) is 32.7 Å². The number of aromatic nitrogens is 2. The van der Waals surface area contributed by atoms with Gasteiger partial charge in [0.1, 0.15) is 0 Å². The van der Waals surface area contributed by atoms with Crippen LogP contribution in [-0.2, 0) is 18.4 Å². The summed E-state index contributed by atoms with van der Waals surface area (Å²) in [7, 11) is 3.77. The largest absolute Gasteiger partial charge is 0.341 e. The van der Waals surface area contributed by atoms with Gasteiger partial charge in [0.2, 0.25) is 5.91 Å². The van der Waals surface area contributed by atoms with Crippen molar-refractivity contribution in [1.82, 2.24) is 20.0 Å². The highest BCUT2D eigenvalue weighted by Gasteiger charge is 2.23. The van der Waals surface area contributed by atoms with E-state index in [-0.39, 0.29) is 5.91 Å². The third kappa shape index (κ3) is 4.07. The van der Waals surface area contributed by atoms with Gasteiger partial charge in [0.25, 0.3) is 0 Å². The molecule has 0 aliphatic carbocycles. The first-order valence-electron chi connectivity index (χ1n) is 7.48. The molecule has 20 heavy (non-hydrogen) atoms. The lowest BCUT2D eigenvalue weighted by molar-refractivity contribution is -0.131. The zero-order chi connectivity index (χ0) is 14.5. The Hall–Kier alpha value is -1.36. The van der Waals surface area contributed by atoms with Gasteiger partial charge in [-0.15, -0.1) is 0 Å². The Labute approximate surface area is 121 Å². The number of piperidine rings is 1. The van der Waals surface area contributed by atoms with E-state index in [1.165, 1.54) is 12.8 Å². The molecule has 0 radical (unpaired) electrons.